The van der Waals surface area contributed by atoms with E-state index in [2.05, 4.69) is 9.88 Å². The minimum atomic E-state index is -0.388. The molecule has 0 atom stereocenters. The van der Waals surface area contributed by atoms with Crippen molar-refractivity contribution in [2.75, 3.05) is 25.1 Å². The van der Waals surface area contributed by atoms with Gasteiger partial charge in [0.2, 0.25) is 0 Å². The number of carbonyl (C=O) groups excluding carboxylic acids is 1. The predicted molar refractivity (Wildman–Crippen MR) is 66.7 cm³/mol. The van der Waals surface area contributed by atoms with Gasteiger partial charge in [0.1, 0.15) is 11.4 Å². The Morgan fingerprint density at radius 1 is 1.41 bits per heavy atom. The number of halogens is 1. The first kappa shape index (κ1) is 12.2. The molecule has 1 saturated heterocycles. The highest BCUT2D eigenvalue weighted by atomic mass is 35.5. The second-order valence-electron chi connectivity index (χ2n) is 4.06. The Labute approximate surface area is 106 Å². The molecule has 0 N–H and O–H groups in total. The molecule has 0 saturated carbocycles. The summed E-state index contributed by atoms with van der Waals surface area (Å²) in [5, 5.41) is 0.450. The van der Waals surface area contributed by atoms with Crippen LogP contribution in [0.2, 0.25) is 5.02 Å². The van der Waals surface area contributed by atoms with E-state index in [0.717, 1.165) is 25.9 Å². The van der Waals surface area contributed by atoms with Gasteiger partial charge in [-0.2, -0.15) is 0 Å². The van der Waals surface area contributed by atoms with Crippen molar-refractivity contribution in [2.24, 2.45) is 0 Å². The fourth-order valence-electron chi connectivity index (χ4n) is 2.05. The van der Waals surface area contributed by atoms with Gasteiger partial charge in [-0.15, -0.1) is 0 Å². The second-order valence-corrected chi connectivity index (χ2v) is 4.50. The summed E-state index contributed by atoms with van der Waals surface area (Å²) in [6.07, 6.45) is 5.06. The topological polar surface area (TPSA) is 42.4 Å². The molecule has 1 fully saturated rings. The van der Waals surface area contributed by atoms with Crippen LogP contribution in [0.4, 0.5) is 5.82 Å². The molecule has 1 aromatic rings. The first-order chi connectivity index (χ1) is 8.22. The summed E-state index contributed by atoms with van der Waals surface area (Å²) in [7, 11) is 1.36. The molecule has 1 aliphatic heterocycles. The van der Waals surface area contributed by atoms with E-state index in [1.54, 1.807) is 12.3 Å². The molecule has 0 radical (unpaired) electrons. The highest BCUT2D eigenvalue weighted by Crippen LogP contribution is 2.24. The number of hydrogen-bond donors (Lipinski definition) is 0. The average molecular weight is 255 g/mol. The fraction of sp³-hybridized carbons (Fsp3) is 0.500. The third-order valence-electron chi connectivity index (χ3n) is 2.89. The normalized spacial score (nSPS) is 15.8. The van der Waals surface area contributed by atoms with Crippen molar-refractivity contribution in [3.05, 3.63) is 22.8 Å². The monoisotopic (exact) mass is 254 g/mol. The molecule has 5 heteroatoms. The number of anilines is 1. The molecule has 1 aromatic heterocycles. The molecular formula is C12H15ClN2O2. The van der Waals surface area contributed by atoms with E-state index in [4.69, 9.17) is 16.3 Å². The van der Waals surface area contributed by atoms with Crippen molar-refractivity contribution in [3.8, 4) is 0 Å². The molecule has 2 rings (SSSR count). The van der Waals surface area contributed by atoms with Crippen LogP contribution < -0.4 is 4.90 Å². The van der Waals surface area contributed by atoms with E-state index in [0.29, 0.717) is 16.4 Å². The minimum Gasteiger partial charge on any atom is -0.465 e. The van der Waals surface area contributed by atoms with Gasteiger partial charge in [0.25, 0.3) is 0 Å². The Bertz CT molecular complexity index is 417. The van der Waals surface area contributed by atoms with Gasteiger partial charge in [0.05, 0.1) is 12.1 Å². The summed E-state index contributed by atoms with van der Waals surface area (Å²) in [5.74, 6) is 0.293. The van der Waals surface area contributed by atoms with Gasteiger partial charge in [0, 0.05) is 19.3 Å². The molecule has 0 aromatic carbocycles. The number of ether oxygens (including phenoxy) is 1. The first-order valence-electron chi connectivity index (χ1n) is 5.71. The van der Waals surface area contributed by atoms with Crippen molar-refractivity contribution >= 4 is 23.4 Å². The molecule has 0 spiro atoms. The van der Waals surface area contributed by atoms with Gasteiger partial charge in [0.15, 0.2) is 0 Å². The van der Waals surface area contributed by atoms with Crippen molar-refractivity contribution in [1.82, 2.24) is 4.98 Å². The van der Waals surface area contributed by atoms with E-state index in [1.165, 1.54) is 13.5 Å². The molecule has 1 aliphatic rings. The van der Waals surface area contributed by atoms with E-state index in [-0.39, 0.29) is 5.97 Å². The van der Waals surface area contributed by atoms with Crippen LogP contribution in [0.1, 0.15) is 29.6 Å². The Balaban J connectivity index is 2.34. The first-order valence-corrected chi connectivity index (χ1v) is 6.09. The van der Waals surface area contributed by atoms with Gasteiger partial charge < -0.3 is 9.64 Å². The van der Waals surface area contributed by atoms with Gasteiger partial charge in [-0.1, -0.05) is 11.6 Å². The van der Waals surface area contributed by atoms with Crippen molar-refractivity contribution in [2.45, 2.75) is 19.3 Å². The van der Waals surface area contributed by atoms with Crippen LogP contribution in [-0.2, 0) is 4.74 Å². The quantitative estimate of drug-likeness (QED) is 0.761. The Hall–Kier alpha value is -1.29. The maximum Gasteiger partial charge on any atom is 0.341 e. The Morgan fingerprint density at radius 2 is 2.12 bits per heavy atom. The number of piperidine rings is 1. The Kier molecular flexibility index (Phi) is 3.84. The highest BCUT2D eigenvalue weighted by Gasteiger charge is 2.20. The number of methoxy groups -OCH3 is 1. The maximum atomic E-state index is 11.7. The zero-order valence-corrected chi connectivity index (χ0v) is 10.5. The molecule has 0 aliphatic carbocycles. The summed E-state index contributed by atoms with van der Waals surface area (Å²) in [6, 6.07) is 1.62. The van der Waals surface area contributed by atoms with Crippen LogP contribution in [-0.4, -0.2) is 31.2 Å². The summed E-state index contributed by atoms with van der Waals surface area (Å²) >= 11 is 5.87. The highest BCUT2D eigenvalue weighted by molar-refractivity contribution is 6.30. The lowest BCUT2D eigenvalue weighted by atomic mass is 10.1. The number of rotatable bonds is 2. The smallest absolute Gasteiger partial charge is 0.341 e. The number of nitrogens with zero attached hydrogens (tertiary/aromatic N) is 2. The third kappa shape index (κ3) is 2.69. The van der Waals surface area contributed by atoms with E-state index in [9.17, 15) is 4.79 Å². The molecular weight excluding hydrogens is 240 g/mol. The standard InChI is InChI=1S/C12H15ClN2O2/c1-17-12(16)10-7-9(13)8-14-11(10)15-5-3-2-4-6-15/h7-8H,2-6H2,1H3. The van der Waals surface area contributed by atoms with Gasteiger partial charge in [-0.05, 0) is 25.3 Å². The molecule has 92 valence electrons. The number of aromatic nitrogens is 1. The van der Waals surface area contributed by atoms with Crippen LogP contribution in [0, 0.1) is 0 Å². The summed E-state index contributed by atoms with van der Waals surface area (Å²) in [6.45, 7) is 1.86. The zero-order chi connectivity index (χ0) is 12.3. The molecule has 2 heterocycles. The van der Waals surface area contributed by atoms with Crippen molar-refractivity contribution < 1.29 is 9.53 Å². The van der Waals surface area contributed by atoms with E-state index >= 15 is 0 Å². The van der Waals surface area contributed by atoms with Crippen molar-refractivity contribution in [3.63, 3.8) is 0 Å². The fourth-order valence-corrected chi connectivity index (χ4v) is 2.21. The van der Waals surface area contributed by atoms with Crippen LogP contribution in [0.15, 0.2) is 12.3 Å². The number of hydrogen-bond acceptors (Lipinski definition) is 4. The lowest BCUT2D eigenvalue weighted by molar-refractivity contribution is 0.0601. The average Bonchev–Trinajstić information content (AvgIpc) is 2.38. The number of pyridine rings is 1. The summed E-state index contributed by atoms with van der Waals surface area (Å²) < 4.78 is 4.76. The van der Waals surface area contributed by atoms with Crippen LogP contribution in [0.3, 0.4) is 0 Å². The van der Waals surface area contributed by atoms with Crippen molar-refractivity contribution in [1.29, 1.82) is 0 Å². The van der Waals surface area contributed by atoms with Crippen LogP contribution >= 0.6 is 11.6 Å². The molecule has 0 unspecified atom stereocenters. The van der Waals surface area contributed by atoms with Gasteiger partial charge >= 0.3 is 5.97 Å². The number of esters is 1. The van der Waals surface area contributed by atoms with Gasteiger partial charge in [-0.3, -0.25) is 0 Å². The summed E-state index contributed by atoms with van der Waals surface area (Å²) in [4.78, 5) is 18.1. The Morgan fingerprint density at radius 3 is 2.76 bits per heavy atom. The largest absolute Gasteiger partial charge is 0.465 e. The van der Waals surface area contributed by atoms with E-state index in [1.807, 2.05) is 0 Å². The minimum absolute atomic E-state index is 0.388. The number of carbonyl (C=O) groups is 1. The lowest BCUT2D eigenvalue weighted by Gasteiger charge is -2.28. The predicted octanol–water partition coefficient (Wildman–Crippen LogP) is 2.51. The molecule has 17 heavy (non-hydrogen) atoms. The summed E-state index contributed by atoms with van der Waals surface area (Å²) in [5.41, 5.74) is 0.446. The van der Waals surface area contributed by atoms with Crippen LogP contribution in [0.25, 0.3) is 0 Å². The molecule has 0 amide bonds. The van der Waals surface area contributed by atoms with E-state index < -0.39 is 0 Å². The third-order valence-corrected chi connectivity index (χ3v) is 3.10. The molecule has 0 bridgehead atoms. The van der Waals surface area contributed by atoms with Crippen LogP contribution in [0.5, 0.6) is 0 Å². The SMILES string of the molecule is COC(=O)c1cc(Cl)cnc1N1CCCCC1. The lowest BCUT2D eigenvalue weighted by Crippen LogP contribution is -2.31. The zero-order valence-electron chi connectivity index (χ0n) is 9.78. The molecule has 4 nitrogen and oxygen atoms in total. The maximum absolute atomic E-state index is 11.7. The second kappa shape index (κ2) is 5.36. The van der Waals surface area contributed by atoms with Gasteiger partial charge in [-0.25, -0.2) is 9.78 Å².